The Balaban J connectivity index is 1.33. The van der Waals surface area contributed by atoms with Crippen LogP contribution in [-0.2, 0) is 4.79 Å². The molecule has 2 aliphatic rings. The van der Waals surface area contributed by atoms with Crippen molar-refractivity contribution in [3.8, 4) is 11.1 Å². The number of carbonyl (C=O) groups excluding carboxylic acids is 2. The first-order chi connectivity index (χ1) is 17.0. The third-order valence-corrected chi connectivity index (χ3v) is 7.88. The first kappa shape index (κ1) is 21.6. The maximum atomic E-state index is 12.3. The fraction of sp³-hybridized carbons (Fsp3) is 0.333. The van der Waals surface area contributed by atoms with Gasteiger partial charge in [-0.2, -0.15) is 9.61 Å². The van der Waals surface area contributed by atoms with Gasteiger partial charge >= 0.3 is 6.03 Å². The molecule has 0 unspecified atom stereocenters. The zero-order valence-corrected chi connectivity index (χ0v) is 19.8. The Morgan fingerprint density at radius 3 is 2.57 bits per heavy atom. The van der Waals surface area contributed by atoms with E-state index in [4.69, 9.17) is 4.98 Å². The SMILES string of the molecule is CNc1cc([C@H](C)C2CCC3(CC2)NC(=O)NC3=O)nc2c(-c3ccc4ccccc4c3)cnn12. The zero-order chi connectivity index (χ0) is 24.2. The van der Waals surface area contributed by atoms with E-state index in [1.807, 2.05) is 29.9 Å². The summed E-state index contributed by atoms with van der Waals surface area (Å²) in [6.45, 7) is 2.21. The number of hydrogen-bond acceptors (Lipinski definition) is 5. The van der Waals surface area contributed by atoms with Gasteiger partial charge in [-0.1, -0.05) is 43.3 Å². The topological polar surface area (TPSA) is 100 Å². The zero-order valence-electron chi connectivity index (χ0n) is 19.8. The van der Waals surface area contributed by atoms with Gasteiger partial charge in [-0.05, 0) is 54.0 Å². The average molecular weight is 469 g/mol. The summed E-state index contributed by atoms with van der Waals surface area (Å²) < 4.78 is 1.86. The van der Waals surface area contributed by atoms with Crippen molar-refractivity contribution >= 4 is 34.2 Å². The van der Waals surface area contributed by atoms with Gasteiger partial charge in [0.15, 0.2) is 5.65 Å². The van der Waals surface area contributed by atoms with Crippen LogP contribution in [0.5, 0.6) is 0 Å². The summed E-state index contributed by atoms with van der Waals surface area (Å²) in [5.41, 5.74) is 3.17. The average Bonchev–Trinajstić information content (AvgIpc) is 3.43. The second kappa shape index (κ2) is 8.08. The monoisotopic (exact) mass is 468 g/mol. The third kappa shape index (κ3) is 3.51. The summed E-state index contributed by atoms with van der Waals surface area (Å²) >= 11 is 0. The number of urea groups is 1. The number of hydrogen-bond donors (Lipinski definition) is 3. The Morgan fingerprint density at radius 2 is 1.86 bits per heavy atom. The molecule has 2 aromatic heterocycles. The van der Waals surface area contributed by atoms with Gasteiger partial charge in [0.1, 0.15) is 11.4 Å². The van der Waals surface area contributed by atoms with E-state index in [1.54, 1.807) is 0 Å². The van der Waals surface area contributed by atoms with Crippen molar-refractivity contribution < 1.29 is 9.59 Å². The van der Waals surface area contributed by atoms with E-state index in [2.05, 4.69) is 64.4 Å². The smallest absolute Gasteiger partial charge is 0.322 e. The van der Waals surface area contributed by atoms with Crippen molar-refractivity contribution in [3.63, 3.8) is 0 Å². The quantitative estimate of drug-likeness (QED) is 0.384. The molecule has 4 aromatic rings. The van der Waals surface area contributed by atoms with Gasteiger partial charge in [0.2, 0.25) is 0 Å². The number of amides is 3. The number of nitrogens with one attached hydrogen (secondary N) is 3. The number of fused-ring (bicyclic) bond motifs is 2. The van der Waals surface area contributed by atoms with Gasteiger partial charge in [-0.15, -0.1) is 0 Å². The highest BCUT2D eigenvalue weighted by molar-refractivity contribution is 6.07. The maximum Gasteiger partial charge on any atom is 0.322 e. The number of nitrogens with zero attached hydrogens (tertiary/aromatic N) is 3. The van der Waals surface area contributed by atoms with Crippen molar-refractivity contribution in [3.05, 3.63) is 60.4 Å². The molecule has 2 fully saturated rings. The molecule has 0 bridgehead atoms. The molecule has 8 nitrogen and oxygen atoms in total. The van der Waals surface area contributed by atoms with Gasteiger partial charge in [-0.3, -0.25) is 10.1 Å². The van der Waals surface area contributed by atoms with E-state index < -0.39 is 5.54 Å². The van der Waals surface area contributed by atoms with E-state index in [0.717, 1.165) is 41.1 Å². The maximum absolute atomic E-state index is 12.3. The highest BCUT2D eigenvalue weighted by Crippen LogP contribution is 2.41. The molecule has 6 rings (SSSR count). The number of carbonyl (C=O) groups is 2. The highest BCUT2D eigenvalue weighted by atomic mass is 16.2. The first-order valence-corrected chi connectivity index (χ1v) is 12.2. The van der Waals surface area contributed by atoms with E-state index in [1.165, 1.54) is 10.8 Å². The van der Waals surface area contributed by atoms with Crippen LogP contribution in [0, 0.1) is 5.92 Å². The standard InChI is InChI=1S/C27H28N6O2/c1-16(17-9-11-27(12-10-17)25(34)31-26(35)32-27)22-14-23(28-2)33-24(30-22)21(15-29-33)20-8-7-18-5-3-4-6-19(18)13-20/h3-8,13-17,28H,9-12H2,1-2H3,(H2,31,32,34,35)/t16-,17?,27?/m1/s1. The summed E-state index contributed by atoms with van der Waals surface area (Å²) in [5, 5.41) is 15.5. The fourth-order valence-electron chi connectivity index (χ4n) is 5.71. The van der Waals surface area contributed by atoms with Crippen molar-refractivity contribution in [1.29, 1.82) is 0 Å². The Hall–Kier alpha value is -3.94. The van der Waals surface area contributed by atoms with Gasteiger partial charge in [0, 0.05) is 30.3 Å². The summed E-state index contributed by atoms with van der Waals surface area (Å²) in [7, 11) is 1.90. The minimum Gasteiger partial charge on any atom is -0.373 e. The summed E-state index contributed by atoms with van der Waals surface area (Å²) in [4.78, 5) is 29.1. The lowest BCUT2D eigenvalue weighted by Gasteiger charge is -2.37. The second-order valence-corrected chi connectivity index (χ2v) is 9.79. The molecule has 178 valence electrons. The molecule has 1 saturated carbocycles. The molecule has 2 aromatic carbocycles. The Kier molecular flexibility index (Phi) is 4.98. The molecule has 1 aliphatic carbocycles. The minimum atomic E-state index is -0.741. The van der Waals surface area contributed by atoms with Gasteiger partial charge in [0.25, 0.3) is 5.91 Å². The summed E-state index contributed by atoms with van der Waals surface area (Å²) in [5.74, 6) is 1.27. The van der Waals surface area contributed by atoms with Gasteiger partial charge in [-0.25, -0.2) is 9.78 Å². The molecular formula is C27H28N6O2. The lowest BCUT2D eigenvalue weighted by Crippen LogP contribution is -2.49. The predicted octanol–water partition coefficient (Wildman–Crippen LogP) is 4.46. The van der Waals surface area contributed by atoms with Gasteiger partial charge < -0.3 is 10.6 Å². The first-order valence-electron chi connectivity index (χ1n) is 12.2. The van der Waals surface area contributed by atoms with Crippen LogP contribution in [0.25, 0.3) is 27.5 Å². The van der Waals surface area contributed by atoms with Crippen LogP contribution in [0.1, 0.15) is 44.2 Å². The molecule has 3 amide bonds. The van der Waals surface area contributed by atoms with Crippen LogP contribution in [0.2, 0.25) is 0 Å². The minimum absolute atomic E-state index is 0.190. The van der Waals surface area contributed by atoms with Crippen molar-refractivity contribution in [2.45, 2.75) is 44.1 Å². The molecular weight excluding hydrogens is 440 g/mol. The van der Waals surface area contributed by atoms with E-state index in [9.17, 15) is 9.59 Å². The molecule has 0 radical (unpaired) electrons. The van der Waals surface area contributed by atoms with Crippen LogP contribution in [0.15, 0.2) is 54.7 Å². The lowest BCUT2D eigenvalue weighted by atomic mass is 9.71. The number of benzene rings is 2. The normalized spacial score (nSPS) is 23.0. The third-order valence-electron chi connectivity index (χ3n) is 7.88. The second-order valence-electron chi connectivity index (χ2n) is 9.79. The van der Waals surface area contributed by atoms with Crippen LogP contribution >= 0.6 is 0 Å². The van der Waals surface area contributed by atoms with Crippen LogP contribution in [-0.4, -0.2) is 39.1 Å². The molecule has 8 heteroatoms. The lowest BCUT2D eigenvalue weighted by molar-refractivity contribution is -0.125. The van der Waals surface area contributed by atoms with Gasteiger partial charge in [0.05, 0.1) is 6.20 Å². The Bertz CT molecular complexity index is 1470. The van der Waals surface area contributed by atoms with E-state index >= 15 is 0 Å². The van der Waals surface area contributed by atoms with E-state index in [0.29, 0.717) is 18.8 Å². The van der Waals surface area contributed by atoms with Crippen LogP contribution in [0.4, 0.5) is 10.6 Å². The molecule has 3 heterocycles. The Labute approximate surface area is 203 Å². The van der Waals surface area contributed by atoms with Crippen LogP contribution in [0.3, 0.4) is 0 Å². The van der Waals surface area contributed by atoms with Crippen molar-refractivity contribution in [2.75, 3.05) is 12.4 Å². The number of anilines is 1. The number of rotatable bonds is 4. The summed E-state index contributed by atoms with van der Waals surface area (Å²) in [6.07, 6.45) is 4.89. The number of aromatic nitrogens is 3. The Morgan fingerprint density at radius 1 is 1.09 bits per heavy atom. The molecule has 3 N–H and O–H groups in total. The molecule has 1 atom stereocenters. The van der Waals surface area contributed by atoms with Crippen molar-refractivity contribution in [1.82, 2.24) is 25.2 Å². The molecule has 35 heavy (non-hydrogen) atoms. The molecule has 1 spiro atoms. The van der Waals surface area contributed by atoms with Crippen LogP contribution < -0.4 is 16.0 Å². The molecule has 1 aliphatic heterocycles. The highest BCUT2D eigenvalue weighted by Gasteiger charge is 2.48. The van der Waals surface area contributed by atoms with E-state index in [-0.39, 0.29) is 17.9 Å². The molecule has 1 saturated heterocycles. The predicted molar refractivity (Wildman–Crippen MR) is 135 cm³/mol. The van der Waals surface area contributed by atoms with Crippen molar-refractivity contribution in [2.24, 2.45) is 5.92 Å². The fourth-order valence-corrected chi connectivity index (χ4v) is 5.71. The number of imide groups is 1. The summed E-state index contributed by atoms with van der Waals surface area (Å²) in [6, 6.07) is 16.5. The largest absolute Gasteiger partial charge is 0.373 e.